The first-order valence-electron chi connectivity index (χ1n) is 7.71. The standard InChI is InChI=1S/C17H19N3O3/c1-20(15(21)8-22-2)10-3-4-14-11(5-10)16-12(7-23-14)17(16)13-6-18-9-19-13/h3-6,9,12,16-17H,7-8H2,1-2H3,(H,18,19)/t12-,16+,17?/m0/s1. The van der Waals surface area contributed by atoms with Crippen LogP contribution in [0, 0.1) is 5.92 Å². The molecular formula is C17H19N3O3. The van der Waals surface area contributed by atoms with Gasteiger partial charge in [-0.25, -0.2) is 4.98 Å². The van der Waals surface area contributed by atoms with E-state index in [4.69, 9.17) is 9.47 Å². The fourth-order valence-corrected chi connectivity index (χ4v) is 3.57. The van der Waals surface area contributed by atoms with Crippen molar-refractivity contribution in [1.29, 1.82) is 0 Å². The van der Waals surface area contributed by atoms with Gasteiger partial charge in [0.1, 0.15) is 12.4 Å². The highest BCUT2D eigenvalue weighted by molar-refractivity contribution is 5.94. The molecule has 1 aliphatic carbocycles. The van der Waals surface area contributed by atoms with Crippen LogP contribution in [0.1, 0.15) is 23.1 Å². The van der Waals surface area contributed by atoms with Crippen LogP contribution in [0.5, 0.6) is 5.75 Å². The molecular weight excluding hydrogens is 294 g/mol. The van der Waals surface area contributed by atoms with Gasteiger partial charge in [0.25, 0.3) is 5.91 Å². The van der Waals surface area contributed by atoms with Crippen LogP contribution in [-0.4, -0.2) is 43.2 Å². The highest BCUT2D eigenvalue weighted by Gasteiger charge is 2.56. The number of imidazole rings is 1. The average Bonchev–Trinajstić information content (AvgIpc) is 3.06. The molecule has 2 aliphatic rings. The summed E-state index contributed by atoms with van der Waals surface area (Å²) in [5.41, 5.74) is 3.20. The van der Waals surface area contributed by atoms with Gasteiger partial charge in [-0.2, -0.15) is 0 Å². The topological polar surface area (TPSA) is 67.5 Å². The number of ether oxygens (including phenoxy) is 2. The highest BCUT2D eigenvalue weighted by Crippen LogP contribution is 2.64. The normalized spacial score (nSPS) is 24.3. The predicted octanol–water partition coefficient (Wildman–Crippen LogP) is 1.91. The second kappa shape index (κ2) is 5.38. The number of hydrogen-bond donors (Lipinski definition) is 1. The van der Waals surface area contributed by atoms with Gasteiger partial charge < -0.3 is 19.4 Å². The van der Waals surface area contributed by atoms with Crippen LogP contribution in [-0.2, 0) is 9.53 Å². The van der Waals surface area contributed by atoms with Crippen molar-refractivity contribution in [3.8, 4) is 5.75 Å². The second-order valence-corrected chi connectivity index (χ2v) is 6.14. The number of aromatic nitrogens is 2. The van der Waals surface area contributed by atoms with Crippen molar-refractivity contribution in [1.82, 2.24) is 9.97 Å². The molecule has 0 radical (unpaired) electrons. The minimum atomic E-state index is -0.0679. The summed E-state index contributed by atoms with van der Waals surface area (Å²) in [5, 5.41) is 0. The molecule has 1 aromatic carbocycles. The number of rotatable bonds is 4. The van der Waals surface area contributed by atoms with Gasteiger partial charge in [0.2, 0.25) is 0 Å². The number of amides is 1. The van der Waals surface area contributed by atoms with Gasteiger partial charge in [-0.05, 0) is 18.2 Å². The number of anilines is 1. The zero-order valence-corrected chi connectivity index (χ0v) is 13.2. The summed E-state index contributed by atoms with van der Waals surface area (Å²) < 4.78 is 10.8. The lowest BCUT2D eigenvalue weighted by Gasteiger charge is -2.21. The Morgan fingerprint density at radius 1 is 1.48 bits per heavy atom. The molecule has 4 rings (SSSR count). The Bertz CT molecular complexity index is 729. The average molecular weight is 313 g/mol. The smallest absolute Gasteiger partial charge is 0.252 e. The van der Waals surface area contributed by atoms with Crippen molar-refractivity contribution in [3.63, 3.8) is 0 Å². The van der Waals surface area contributed by atoms with Crippen LogP contribution in [0.15, 0.2) is 30.7 Å². The number of carbonyl (C=O) groups excluding carboxylic acids is 1. The Labute approximate surface area is 134 Å². The molecule has 0 bridgehead atoms. The molecule has 2 heterocycles. The van der Waals surface area contributed by atoms with E-state index >= 15 is 0 Å². The van der Waals surface area contributed by atoms with Gasteiger partial charge in [-0.3, -0.25) is 4.79 Å². The van der Waals surface area contributed by atoms with Gasteiger partial charge in [0.15, 0.2) is 0 Å². The van der Waals surface area contributed by atoms with Crippen LogP contribution in [0.2, 0.25) is 0 Å². The maximum absolute atomic E-state index is 12.0. The monoisotopic (exact) mass is 313 g/mol. The quantitative estimate of drug-likeness (QED) is 0.936. The number of likely N-dealkylation sites (N-methyl/N-ethyl adjacent to an activating group) is 1. The molecule has 2 aromatic rings. The number of H-pyrrole nitrogens is 1. The molecule has 1 saturated carbocycles. The molecule has 1 aliphatic heterocycles. The third-order valence-electron chi connectivity index (χ3n) is 4.86. The summed E-state index contributed by atoms with van der Waals surface area (Å²) in [6.45, 7) is 0.812. The summed E-state index contributed by atoms with van der Waals surface area (Å²) >= 11 is 0. The molecule has 6 heteroatoms. The van der Waals surface area contributed by atoms with Crippen molar-refractivity contribution in [2.45, 2.75) is 11.8 Å². The van der Waals surface area contributed by atoms with E-state index in [0.29, 0.717) is 17.8 Å². The summed E-state index contributed by atoms with van der Waals surface area (Å²) in [6, 6.07) is 5.94. The first-order valence-corrected chi connectivity index (χ1v) is 7.71. The lowest BCUT2D eigenvalue weighted by molar-refractivity contribution is -0.121. The molecule has 1 unspecified atom stereocenters. The van der Waals surface area contributed by atoms with E-state index in [-0.39, 0.29) is 12.5 Å². The van der Waals surface area contributed by atoms with E-state index in [2.05, 4.69) is 16.0 Å². The summed E-state index contributed by atoms with van der Waals surface area (Å²) in [7, 11) is 3.29. The van der Waals surface area contributed by atoms with Crippen molar-refractivity contribution < 1.29 is 14.3 Å². The van der Waals surface area contributed by atoms with Gasteiger partial charge in [0, 0.05) is 55.1 Å². The molecule has 1 amide bonds. The number of carbonyl (C=O) groups is 1. The van der Waals surface area contributed by atoms with E-state index in [1.165, 1.54) is 12.7 Å². The zero-order valence-electron chi connectivity index (χ0n) is 13.2. The minimum Gasteiger partial charge on any atom is -0.493 e. The maximum Gasteiger partial charge on any atom is 0.252 e. The third-order valence-corrected chi connectivity index (χ3v) is 4.86. The van der Waals surface area contributed by atoms with Crippen molar-refractivity contribution in [2.75, 3.05) is 32.3 Å². The molecule has 0 spiro atoms. The second-order valence-electron chi connectivity index (χ2n) is 6.14. The fraction of sp³-hybridized carbons (Fsp3) is 0.412. The van der Waals surface area contributed by atoms with E-state index < -0.39 is 0 Å². The van der Waals surface area contributed by atoms with Crippen molar-refractivity contribution >= 4 is 11.6 Å². The van der Waals surface area contributed by atoms with Crippen molar-refractivity contribution in [2.24, 2.45) is 5.92 Å². The predicted molar refractivity (Wildman–Crippen MR) is 84.8 cm³/mol. The molecule has 1 fully saturated rings. The summed E-state index contributed by atoms with van der Waals surface area (Å²) in [6.07, 6.45) is 3.61. The SMILES string of the molecule is COCC(=O)N(C)c1ccc2c(c1)[C@H]1C(c3cnc[nH]3)[C@H]1CO2. The van der Waals surface area contributed by atoms with Crippen LogP contribution in [0.4, 0.5) is 5.69 Å². The molecule has 1 N–H and O–H groups in total. The number of nitrogens with zero attached hydrogens (tertiary/aromatic N) is 2. The van der Waals surface area contributed by atoms with Gasteiger partial charge in [-0.1, -0.05) is 0 Å². The maximum atomic E-state index is 12.0. The first-order chi connectivity index (χ1) is 11.2. The number of fused-ring (bicyclic) bond motifs is 3. The Kier molecular flexibility index (Phi) is 3.34. The number of hydrogen-bond acceptors (Lipinski definition) is 4. The lowest BCUT2D eigenvalue weighted by Crippen LogP contribution is -2.29. The highest BCUT2D eigenvalue weighted by atomic mass is 16.5. The Balaban J connectivity index is 1.63. The number of aromatic amines is 1. The zero-order chi connectivity index (χ0) is 16.0. The molecule has 1 aromatic heterocycles. The van der Waals surface area contributed by atoms with E-state index in [9.17, 15) is 4.79 Å². The number of benzene rings is 1. The molecule has 23 heavy (non-hydrogen) atoms. The Morgan fingerprint density at radius 2 is 2.35 bits per heavy atom. The number of methoxy groups -OCH3 is 1. The van der Waals surface area contributed by atoms with Crippen LogP contribution < -0.4 is 9.64 Å². The number of nitrogens with one attached hydrogen (secondary N) is 1. The van der Waals surface area contributed by atoms with Crippen LogP contribution in [0.3, 0.4) is 0 Å². The molecule has 6 nitrogen and oxygen atoms in total. The fourth-order valence-electron chi connectivity index (χ4n) is 3.57. The van der Waals surface area contributed by atoms with Gasteiger partial charge >= 0.3 is 0 Å². The summed E-state index contributed by atoms with van der Waals surface area (Å²) in [5.74, 6) is 2.20. The van der Waals surface area contributed by atoms with E-state index in [0.717, 1.165) is 23.7 Å². The van der Waals surface area contributed by atoms with E-state index in [1.807, 2.05) is 18.3 Å². The van der Waals surface area contributed by atoms with Crippen molar-refractivity contribution in [3.05, 3.63) is 42.0 Å². The van der Waals surface area contributed by atoms with Crippen LogP contribution >= 0.6 is 0 Å². The summed E-state index contributed by atoms with van der Waals surface area (Å²) in [4.78, 5) is 21.0. The van der Waals surface area contributed by atoms with Gasteiger partial charge in [0.05, 0.1) is 12.9 Å². The van der Waals surface area contributed by atoms with Crippen LogP contribution in [0.25, 0.3) is 0 Å². The molecule has 0 saturated heterocycles. The Morgan fingerprint density at radius 3 is 3.09 bits per heavy atom. The largest absolute Gasteiger partial charge is 0.493 e. The Hall–Kier alpha value is -2.34. The molecule has 3 atom stereocenters. The van der Waals surface area contributed by atoms with Gasteiger partial charge in [-0.15, -0.1) is 0 Å². The molecule has 120 valence electrons. The van der Waals surface area contributed by atoms with E-state index in [1.54, 1.807) is 18.3 Å². The minimum absolute atomic E-state index is 0.0679. The lowest BCUT2D eigenvalue weighted by atomic mass is 10.0. The first kappa shape index (κ1) is 14.3. The third kappa shape index (κ3) is 2.30.